The quantitative estimate of drug-likeness (QED) is 0.171. The molecule has 3 N–H and O–H groups in total. The molecular weight excluding hydrogens is 530 g/mol. The van der Waals surface area contributed by atoms with Crippen LogP contribution in [-0.4, -0.2) is 62.2 Å². The zero-order valence-electron chi connectivity index (χ0n) is 18.6. The van der Waals surface area contributed by atoms with Crippen molar-refractivity contribution in [2.75, 3.05) is 18.6 Å². The summed E-state index contributed by atoms with van der Waals surface area (Å²) in [6, 6.07) is 4.55. The molecular formula is C21H18ClN7O5S2. The second-order valence-corrected chi connectivity index (χ2v) is 10.2. The number of anilines is 1. The third kappa shape index (κ3) is 4.06. The maximum atomic E-state index is 13.0. The largest absolute Gasteiger partial charge is 0.543 e. The van der Waals surface area contributed by atoms with E-state index in [1.807, 2.05) is 18.2 Å². The number of carboxylic acids is 1. The van der Waals surface area contributed by atoms with Crippen LogP contribution in [0.2, 0.25) is 5.15 Å². The lowest BCUT2D eigenvalue weighted by Crippen LogP contribution is -2.71. The Labute approximate surface area is 217 Å². The predicted octanol–water partition coefficient (Wildman–Crippen LogP) is -0.626. The number of aromatic nitrogens is 3. The monoisotopic (exact) mass is 547 g/mol. The minimum atomic E-state index is -1.47. The molecule has 1 fully saturated rings. The van der Waals surface area contributed by atoms with E-state index in [4.69, 9.17) is 22.2 Å². The van der Waals surface area contributed by atoms with Gasteiger partial charge in [0.25, 0.3) is 17.5 Å². The molecule has 0 aromatic carbocycles. The highest BCUT2D eigenvalue weighted by molar-refractivity contribution is 8.00. The summed E-state index contributed by atoms with van der Waals surface area (Å²) in [5.41, 5.74) is 6.74. The number of carbonyl (C=O) groups is 3. The fraction of sp³-hybridized carbons (Fsp3) is 0.238. The van der Waals surface area contributed by atoms with Crippen molar-refractivity contribution in [3.63, 3.8) is 0 Å². The molecule has 15 heteroatoms. The van der Waals surface area contributed by atoms with Gasteiger partial charge in [-0.3, -0.25) is 14.5 Å². The van der Waals surface area contributed by atoms with Crippen molar-refractivity contribution in [3.05, 3.63) is 58.1 Å². The maximum absolute atomic E-state index is 13.0. The summed E-state index contributed by atoms with van der Waals surface area (Å²) in [7, 11) is 1.27. The van der Waals surface area contributed by atoms with Crippen molar-refractivity contribution >= 4 is 69.0 Å². The summed E-state index contributed by atoms with van der Waals surface area (Å²) >= 11 is 8.76. The summed E-state index contributed by atoms with van der Waals surface area (Å²) in [5, 5.41) is 20.0. The van der Waals surface area contributed by atoms with Crippen LogP contribution in [0.5, 0.6) is 0 Å². The number of thiazole rings is 1. The van der Waals surface area contributed by atoms with Gasteiger partial charge in [0.1, 0.15) is 30.8 Å². The van der Waals surface area contributed by atoms with E-state index in [2.05, 4.69) is 15.5 Å². The molecule has 2 amide bonds. The molecule has 186 valence electrons. The number of hydrogen-bond acceptors (Lipinski definition) is 10. The number of aliphatic carboxylic acids is 1. The van der Waals surface area contributed by atoms with Gasteiger partial charge < -0.3 is 25.8 Å². The minimum absolute atomic E-state index is 0.150. The van der Waals surface area contributed by atoms with Gasteiger partial charge in [-0.2, -0.15) is 4.40 Å². The molecule has 0 unspecified atom stereocenters. The Balaban J connectivity index is 1.38. The summed E-state index contributed by atoms with van der Waals surface area (Å²) in [6.07, 6.45) is 3.48. The lowest BCUT2D eigenvalue weighted by atomic mass is 10.0. The molecule has 2 aliphatic rings. The molecule has 36 heavy (non-hydrogen) atoms. The Morgan fingerprint density at radius 1 is 1.44 bits per heavy atom. The third-order valence-electron chi connectivity index (χ3n) is 5.68. The fourth-order valence-electron chi connectivity index (χ4n) is 4.13. The average molecular weight is 548 g/mol. The van der Waals surface area contributed by atoms with Crippen LogP contribution in [0.25, 0.3) is 5.65 Å². The number of carbonyl (C=O) groups excluding carboxylic acids is 3. The lowest BCUT2D eigenvalue weighted by Gasteiger charge is -2.50. The number of carboxylic acid groups (broad SMARTS) is 1. The van der Waals surface area contributed by atoms with Crippen LogP contribution in [-0.2, 0) is 25.8 Å². The molecule has 0 bridgehead atoms. The Bertz CT molecular complexity index is 1470. The number of thioether (sulfide) groups is 1. The topological polar surface area (TPSA) is 159 Å². The van der Waals surface area contributed by atoms with E-state index in [-0.39, 0.29) is 28.8 Å². The second kappa shape index (κ2) is 9.44. The van der Waals surface area contributed by atoms with Gasteiger partial charge in [-0.25, -0.2) is 9.55 Å². The second-order valence-electron chi connectivity index (χ2n) is 7.80. The zero-order valence-corrected chi connectivity index (χ0v) is 21.0. The van der Waals surface area contributed by atoms with Gasteiger partial charge in [0.2, 0.25) is 5.15 Å². The fourth-order valence-corrected chi connectivity index (χ4v) is 6.28. The van der Waals surface area contributed by atoms with Gasteiger partial charge in [0, 0.05) is 22.8 Å². The van der Waals surface area contributed by atoms with Crippen molar-refractivity contribution in [3.8, 4) is 0 Å². The van der Waals surface area contributed by atoms with Crippen LogP contribution in [0.3, 0.4) is 0 Å². The smallest absolute Gasteiger partial charge is 0.287 e. The first-order valence-electron chi connectivity index (χ1n) is 10.5. The molecule has 0 radical (unpaired) electrons. The van der Waals surface area contributed by atoms with Gasteiger partial charge in [-0.1, -0.05) is 11.2 Å². The number of rotatable bonds is 7. The van der Waals surface area contributed by atoms with Crippen LogP contribution >= 0.6 is 34.7 Å². The molecule has 0 saturated carbocycles. The van der Waals surface area contributed by atoms with Gasteiger partial charge in [-0.05, 0) is 17.7 Å². The predicted molar refractivity (Wildman–Crippen MR) is 130 cm³/mol. The van der Waals surface area contributed by atoms with Crippen molar-refractivity contribution in [1.82, 2.24) is 19.8 Å². The van der Waals surface area contributed by atoms with E-state index in [0.717, 1.165) is 21.9 Å². The summed E-state index contributed by atoms with van der Waals surface area (Å²) in [6.45, 7) is 0.194. The number of oxime groups is 1. The SMILES string of the molecule is CO/N=C(\C(=O)N[C@@H]1C(=O)N2C(C(=O)[O-])=C(Cn3cc(Cl)[n+]4ccccc34)CS[C@H]12)c1csc(N)n1. The molecule has 12 nitrogen and oxygen atoms in total. The number of fused-ring (bicyclic) bond motifs is 2. The Morgan fingerprint density at radius 3 is 2.94 bits per heavy atom. The van der Waals surface area contributed by atoms with E-state index in [1.54, 1.807) is 21.4 Å². The van der Waals surface area contributed by atoms with Gasteiger partial charge in [-0.15, -0.1) is 23.1 Å². The summed E-state index contributed by atoms with van der Waals surface area (Å²) in [5.74, 6) is -2.43. The highest BCUT2D eigenvalue weighted by atomic mass is 35.5. The normalized spacial score (nSPS) is 19.8. The first-order chi connectivity index (χ1) is 17.3. The van der Waals surface area contributed by atoms with Crippen LogP contribution in [0.1, 0.15) is 5.69 Å². The molecule has 3 aromatic rings. The van der Waals surface area contributed by atoms with Crippen molar-refractivity contribution in [1.29, 1.82) is 0 Å². The Hall–Kier alpha value is -3.62. The minimum Gasteiger partial charge on any atom is -0.543 e. The molecule has 1 saturated heterocycles. The van der Waals surface area contributed by atoms with Crippen molar-refractivity contribution in [2.45, 2.75) is 18.0 Å². The van der Waals surface area contributed by atoms with E-state index >= 15 is 0 Å². The van der Waals surface area contributed by atoms with Crippen LogP contribution in [0.4, 0.5) is 5.13 Å². The molecule has 0 aliphatic carbocycles. The molecule has 5 heterocycles. The van der Waals surface area contributed by atoms with Gasteiger partial charge >= 0.3 is 0 Å². The highest BCUT2D eigenvalue weighted by Crippen LogP contribution is 2.40. The van der Waals surface area contributed by atoms with Crippen LogP contribution in [0, 0.1) is 0 Å². The number of nitrogens with zero attached hydrogens (tertiary/aromatic N) is 5. The Morgan fingerprint density at radius 2 is 2.25 bits per heavy atom. The van der Waals surface area contributed by atoms with E-state index in [0.29, 0.717) is 16.5 Å². The number of pyridine rings is 1. The van der Waals surface area contributed by atoms with Crippen molar-refractivity contribution in [2.24, 2.45) is 5.16 Å². The molecule has 0 spiro atoms. The van der Waals surface area contributed by atoms with Crippen LogP contribution < -0.4 is 20.6 Å². The molecule has 2 atom stereocenters. The first-order valence-corrected chi connectivity index (χ1v) is 12.8. The number of nitrogens with two attached hydrogens (primary N) is 1. The first kappa shape index (κ1) is 24.1. The third-order valence-corrected chi connectivity index (χ3v) is 7.97. The van der Waals surface area contributed by atoms with Crippen LogP contribution in [0.15, 0.2) is 52.4 Å². The number of nitrogen functional groups attached to an aromatic ring is 1. The number of β-lactam (4-membered cyclic amide) rings is 1. The maximum Gasteiger partial charge on any atom is 0.287 e. The number of imidazole rings is 1. The van der Waals surface area contributed by atoms with Gasteiger partial charge in [0.05, 0.1) is 17.9 Å². The zero-order chi connectivity index (χ0) is 25.6. The summed E-state index contributed by atoms with van der Waals surface area (Å²) < 4.78 is 3.56. The standard InChI is InChI=1S/C21H18ClN7O5S2/c1-34-26-14(11-9-36-21(23)24-11)17(30)25-15-18(31)29-16(20(32)33)10(8-35-19(15)29)6-27-7-12(22)28-5-3-2-4-13(27)28/h2-5,7,9,15,19H,6,8H2,1H3,(H3-,23,24,25,30,32,33)/b26-14-/t15-,19-/m1/s1. The highest BCUT2D eigenvalue weighted by Gasteiger charge is 2.53. The van der Waals surface area contributed by atoms with Gasteiger partial charge in [0.15, 0.2) is 17.0 Å². The number of hydrogen-bond donors (Lipinski definition) is 2. The lowest BCUT2D eigenvalue weighted by molar-refractivity contribution is -0.508. The Kier molecular flexibility index (Phi) is 6.32. The molecule has 3 aromatic heterocycles. The number of amides is 2. The number of nitrogens with one attached hydrogen (secondary N) is 1. The van der Waals surface area contributed by atoms with E-state index in [9.17, 15) is 19.5 Å². The van der Waals surface area contributed by atoms with E-state index in [1.165, 1.54) is 24.3 Å². The molecule has 2 aliphatic heterocycles. The number of halogens is 1. The van der Waals surface area contributed by atoms with Crippen molar-refractivity contribution < 1.29 is 28.7 Å². The summed E-state index contributed by atoms with van der Waals surface area (Å²) in [4.78, 5) is 47.9. The molecule has 5 rings (SSSR count). The van der Waals surface area contributed by atoms with E-state index < -0.39 is 29.2 Å². The average Bonchev–Trinajstić information content (AvgIpc) is 3.43.